The molecule has 2 aliphatic heterocycles. The number of amides is 2. The molecular weight excluding hydrogens is 539 g/mol. The summed E-state index contributed by atoms with van der Waals surface area (Å²) in [6, 6.07) is 2.66. The van der Waals surface area contributed by atoms with Crippen LogP contribution in [0.25, 0.3) is 22.6 Å². The van der Waals surface area contributed by atoms with Crippen LogP contribution in [0.15, 0.2) is 36.9 Å². The SMILES string of the molecule is Cn1ncc(NC(=O)C2CC2)c1-c1cnc([C@@H]2CC[C@H]3CC(c4c(-n5cnnn5)ccc(Cl)c4F)=CC(=O)N32)[nH]1. The van der Waals surface area contributed by atoms with Gasteiger partial charge in [-0.3, -0.25) is 14.3 Å². The predicted octanol–water partition coefficient (Wildman–Crippen LogP) is 3.45. The molecule has 0 unspecified atom stereocenters. The number of imidazole rings is 1. The molecule has 1 saturated heterocycles. The van der Waals surface area contributed by atoms with Gasteiger partial charge in [0.1, 0.15) is 17.8 Å². The molecule has 2 atom stereocenters. The number of hydrogen-bond acceptors (Lipinski definition) is 7. The van der Waals surface area contributed by atoms with Gasteiger partial charge in [-0.2, -0.15) is 9.78 Å². The minimum atomic E-state index is -0.617. The Morgan fingerprint density at radius 1 is 1.20 bits per heavy atom. The van der Waals surface area contributed by atoms with Crippen molar-refractivity contribution >= 4 is 34.7 Å². The Morgan fingerprint density at radius 3 is 2.83 bits per heavy atom. The molecule has 0 radical (unpaired) electrons. The Bertz CT molecular complexity index is 1670. The number of fused-ring (bicyclic) bond motifs is 1. The molecule has 1 aliphatic carbocycles. The second kappa shape index (κ2) is 9.37. The van der Waals surface area contributed by atoms with Crippen molar-refractivity contribution in [3.05, 3.63) is 59.2 Å². The summed E-state index contributed by atoms with van der Waals surface area (Å²) < 4.78 is 18.4. The summed E-state index contributed by atoms with van der Waals surface area (Å²) in [6.07, 6.45) is 9.83. The van der Waals surface area contributed by atoms with Gasteiger partial charge in [0.05, 0.1) is 40.5 Å². The van der Waals surface area contributed by atoms with Crippen LogP contribution >= 0.6 is 11.6 Å². The molecule has 12 nitrogen and oxygen atoms in total. The number of halogens is 2. The summed E-state index contributed by atoms with van der Waals surface area (Å²) in [5.74, 6) is -0.145. The molecule has 0 bridgehead atoms. The average molecular weight is 563 g/mol. The fourth-order valence-corrected chi connectivity index (χ4v) is 5.92. The van der Waals surface area contributed by atoms with E-state index in [0.29, 0.717) is 47.0 Å². The normalized spacial score (nSPS) is 20.5. The van der Waals surface area contributed by atoms with E-state index in [9.17, 15) is 9.59 Å². The minimum absolute atomic E-state index is 0.00601. The standard InChI is InChI=1S/C26H24ClFN10O2/c1-36-24(18(11-31-36)33-26(40)13-2-3-13)17-10-29-25(32-17)20-6-4-15-8-14(9-21(39)38(15)20)22-19(37-12-30-34-35-37)7-5-16(27)23(22)28/h5,7,9-13,15,20H,2-4,6,8H2,1H3,(H,29,32)(H,33,40)/t15-,20-/m0/s1. The van der Waals surface area contributed by atoms with E-state index in [0.717, 1.165) is 19.3 Å². The molecule has 1 aromatic carbocycles. The average Bonchev–Trinajstić information content (AvgIpc) is 3.31. The number of H-pyrrole nitrogens is 1. The van der Waals surface area contributed by atoms with Gasteiger partial charge in [0, 0.05) is 30.6 Å². The molecule has 14 heteroatoms. The summed E-state index contributed by atoms with van der Waals surface area (Å²) in [5, 5.41) is 18.4. The van der Waals surface area contributed by atoms with Crippen molar-refractivity contribution in [1.82, 2.24) is 44.9 Å². The predicted molar refractivity (Wildman–Crippen MR) is 141 cm³/mol. The van der Waals surface area contributed by atoms with Crippen LogP contribution in [0, 0.1) is 11.7 Å². The molecule has 3 aliphatic rings. The van der Waals surface area contributed by atoms with Gasteiger partial charge in [0.2, 0.25) is 11.8 Å². The number of tetrazole rings is 1. The van der Waals surface area contributed by atoms with Crippen LogP contribution < -0.4 is 5.32 Å². The number of carbonyl (C=O) groups is 2. The molecule has 2 N–H and O–H groups in total. The number of carbonyl (C=O) groups excluding carboxylic acids is 2. The number of nitrogens with zero attached hydrogens (tertiary/aromatic N) is 8. The van der Waals surface area contributed by atoms with Gasteiger partial charge < -0.3 is 15.2 Å². The van der Waals surface area contributed by atoms with Crippen LogP contribution in [0.3, 0.4) is 0 Å². The van der Waals surface area contributed by atoms with E-state index in [1.165, 1.54) is 23.2 Å². The molecule has 4 aromatic rings. The Labute approximate surface area is 232 Å². The maximum Gasteiger partial charge on any atom is 0.247 e. The number of anilines is 1. The first-order valence-corrected chi connectivity index (χ1v) is 13.4. The molecule has 5 heterocycles. The Hall–Kier alpha value is -4.39. The highest BCUT2D eigenvalue weighted by Gasteiger charge is 2.42. The summed E-state index contributed by atoms with van der Waals surface area (Å²) in [4.78, 5) is 35.7. The van der Waals surface area contributed by atoms with E-state index in [4.69, 9.17) is 11.6 Å². The summed E-state index contributed by atoms with van der Waals surface area (Å²) >= 11 is 6.13. The van der Waals surface area contributed by atoms with E-state index in [2.05, 4.69) is 35.9 Å². The van der Waals surface area contributed by atoms with Gasteiger partial charge in [-0.1, -0.05) is 11.6 Å². The quantitative estimate of drug-likeness (QED) is 0.367. The number of benzene rings is 1. The summed E-state index contributed by atoms with van der Waals surface area (Å²) in [6.45, 7) is 0. The smallest absolute Gasteiger partial charge is 0.247 e. The number of aryl methyl sites for hydroxylation is 1. The Morgan fingerprint density at radius 2 is 2.05 bits per heavy atom. The lowest BCUT2D eigenvalue weighted by Gasteiger charge is -2.33. The second-order valence-corrected chi connectivity index (χ2v) is 10.8. The number of aromatic amines is 1. The van der Waals surface area contributed by atoms with E-state index in [-0.39, 0.29) is 40.4 Å². The highest BCUT2D eigenvalue weighted by Crippen LogP contribution is 2.44. The van der Waals surface area contributed by atoms with Crippen LogP contribution in [0.2, 0.25) is 5.02 Å². The third-order valence-electron chi connectivity index (χ3n) is 7.81. The second-order valence-electron chi connectivity index (χ2n) is 10.4. The lowest BCUT2D eigenvalue weighted by molar-refractivity contribution is -0.129. The van der Waals surface area contributed by atoms with E-state index in [1.54, 1.807) is 30.2 Å². The van der Waals surface area contributed by atoms with Crippen molar-refractivity contribution in [1.29, 1.82) is 0 Å². The van der Waals surface area contributed by atoms with Gasteiger partial charge in [-0.05, 0) is 60.2 Å². The minimum Gasteiger partial charge on any atom is -0.339 e. The zero-order valence-corrected chi connectivity index (χ0v) is 22.1. The van der Waals surface area contributed by atoms with Crippen LogP contribution in [0.1, 0.15) is 49.5 Å². The monoisotopic (exact) mass is 562 g/mol. The zero-order valence-electron chi connectivity index (χ0n) is 21.4. The molecule has 204 valence electrons. The summed E-state index contributed by atoms with van der Waals surface area (Å²) in [7, 11) is 1.80. The molecule has 3 aromatic heterocycles. The van der Waals surface area contributed by atoms with Gasteiger partial charge in [-0.15, -0.1) is 5.10 Å². The van der Waals surface area contributed by atoms with E-state index >= 15 is 4.39 Å². The van der Waals surface area contributed by atoms with Crippen molar-refractivity contribution in [2.24, 2.45) is 13.0 Å². The Balaban J connectivity index is 1.18. The van der Waals surface area contributed by atoms with Crippen molar-refractivity contribution < 1.29 is 14.0 Å². The summed E-state index contributed by atoms with van der Waals surface area (Å²) in [5.41, 5.74) is 3.18. The first-order chi connectivity index (χ1) is 19.4. The number of rotatable bonds is 6. The van der Waals surface area contributed by atoms with Crippen molar-refractivity contribution in [3.8, 4) is 17.1 Å². The third kappa shape index (κ3) is 4.08. The molecule has 2 amide bonds. The van der Waals surface area contributed by atoms with Crippen LogP contribution in [0.5, 0.6) is 0 Å². The van der Waals surface area contributed by atoms with Crippen molar-refractivity contribution in [2.45, 2.75) is 44.2 Å². The number of nitrogens with one attached hydrogen (secondary N) is 2. The topological polar surface area (TPSA) is 140 Å². The third-order valence-corrected chi connectivity index (χ3v) is 8.10. The number of hydrogen-bond donors (Lipinski definition) is 2. The highest BCUT2D eigenvalue weighted by atomic mass is 35.5. The van der Waals surface area contributed by atoms with Gasteiger partial charge >= 0.3 is 0 Å². The lowest BCUT2D eigenvalue weighted by atomic mass is 9.92. The van der Waals surface area contributed by atoms with Crippen molar-refractivity contribution in [2.75, 3.05) is 5.32 Å². The van der Waals surface area contributed by atoms with E-state index < -0.39 is 5.82 Å². The fourth-order valence-electron chi connectivity index (χ4n) is 5.76. The first kappa shape index (κ1) is 24.6. The Kier molecular flexibility index (Phi) is 5.77. The van der Waals surface area contributed by atoms with Crippen LogP contribution in [0.4, 0.5) is 10.1 Å². The zero-order chi connectivity index (χ0) is 27.5. The first-order valence-electron chi connectivity index (χ1n) is 13.0. The molecule has 40 heavy (non-hydrogen) atoms. The van der Waals surface area contributed by atoms with Crippen LogP contribution in [-0.4, -0.2) is 62.7 Å². The highest BCUT2D eigenvalue weighted by molar-refractivity contribution is 6.31. The fraction of sp³-hybridized carbons (Fsp3) is 0.346. The van der Waals surface area contributed by atoms with Crippen molar-refractivity contribution in [3.63, 3.8) is 0 Å². The lowest BCUT2D eigenvalue weighted by Crippen LogP contribution is -2.39. The molecular formula is C26H24ClFN10O2. The van der Waals surface area contributed by atoms with Gasteiger partial charge in [-0.25, -0.2) is 9.37 Å². The maximum atomic E-state index is 15.4. The van der Waals surface area contributed by atoms with E-state index in [1.807, 2.05) is 4.90 Å². The maximum absolute atomic E-state index is 15.4. The molecule has 1 saturated carbocycles. The molecule has 7 rings (SSSR count). The van der Waals surface area contributed by atoms with Crippen LogP contribution in [-0.2, 0) is 16.6 Å². The number of aromatic nitrogens is 8. The largest absolute Gasteiger partial charge is 0.339 e. The van der Waals surface area contributed by atoms with Gasteiger partial charge in [0.15, 0.2) is 5.82 Å². The van der Waals surface area contributed by atoms with Gasteiger partial charge in [0.25, 0.3) is 0 Å². The molecule has 0 spiro atoms. The molecule has 2 fully saturated rings.